The number of nitrogen functional groups attached to an aromatic ring is 1. The monoisotopic (exact) mass is 288 g/mol. The van der Waals surface area contributed by atoms with E-state index in [1.165, 1.54) is 0 Å². The maximum absolute atomic E-state index is 11.7. The van der Waals surface area contributed by atoms with Crippen molar-refractivity contribution in [3.63, 3.8) is 0 Å². The smallest absolute Gasteiger partial charge is 0.244 e. The van der Waals surface area contributed by atoms with Gasteiger partial charge in [0.1, 0.15) is 6.04 Å². The first kappa shape index (κ1) is 13.0. The van der Waals surface area contributed by atoms with E-state index in [9.17, 15) is 4.79 Å². The van der Waals surface area contributed by atoms with Crippen molar-refractivity contribution in [1.82, 2.24) is 15.1 Å². The number of hydrogen-bond donors (Lipinski definition) is 2. The lowest BCUT2D eigenvalue weighted by atomic mass is 10.2. The van der Waals surface area contributed by atoms with E-state index in [4.69, 9.17) is 5.73 Å². The van der Waals surface area contributed by atoms with Crippen molar-refractivity contribution in [2.75, 3.05) is 12.3 Å². The zero-order valence-corrected chi connectivity index (χ0v) is 11.3. The molecule has 6 heteroatoms. The average Bonchev–Trinajstić information content (AvgIpc) is 2.54. The first-order valence-electron chi connectivity index (χ1n) is 5.19. The van der Waals surface area contributed by atoms with E-state index in [-0.39, 0.29) is 11.9 Å². The molecule has 0 spiro atoms. The molecule has 0 aromatic carbocycles. The van der Waals surface area contributed by atoms with Gasteiger partial charge in [0, 0.05) is 12.7 Å². The molecule has 0 aliphatic heterocycles. The van der Waals surface area contributed by atoms with Crippen LogP contribution in [-0.2, 0) is 4.79 Å². The number of hydrogen-bond acceptors (Lipinski definition) is 3. The van der Waals surface area contributed by atoms with E-state index in [1.54, 1.807) is 17.8 Å². The summed E-state index contributed by atoms with van der Waals surface area (Å²) < 4.78 is 2.26. The van der Waals surface area contributed by atoms with Gasteiger partial charge in [-0.3, -0.25) is 9.48 Å². The number of halogens is 1. The zero-order valence-electron chi connectivity index (χ0n) is 9.70. The summed E-state index contributed by atoms with van der Waals surface area (Å²) in [6, 6.07) is -0.354. The molecule has 16 heavy (non-hydrogen) atoms. The number of anilines is 1. The van der Waals surface area contributed by atoms with Gasteiger partial charge in [-0.05, 0) is 28.8 Å². The van der Waals surface area contributed by atoms with E-state index in [0.29, 0.717) is 22.8 Å². The molecule has 1 heterocycles. The van der Waals surface area contributed by atoms with Gasteiger partial charge in [0.25, 0.3) is 0 Å². The third kappa shape index (κ3) is 3.23. The summed E-state index contributed by atoms with van der Waals surface area (Å²) in [5.74, 6) is 0.776. The van der Waals surface area contributed by atoms with Crippen LogP contribution in [0.2, 0.25) is 0 Å². The van der Waals surface area contributed by atoms with Crippen molar-refractivity contribution in [3.8, 4) is 0 Å². The third-order valence-electron chi connectivity index (χ3n) is 2.17. The lowest BCUT2D eigenvalue weighted by molar-refractivity contribution is -0.124. The molecular weight excluding hydrogens is 272 g/mol. The normalized spacial score (nSPS) is 12.8. The van der Waals surface area contributed by atoms with Gasteiger partial charge in [0.2, 0.25) is 5.91 Å². The molecule has 1 unspecified atom stereocenters. The van der Waals surface area contributed by atoms with Gasteiger partial charge in [0.05, 0.1) is 4.47 Å². The van der Waals surface area contributed by atoms with Crippen molar-refractivity contribution in [2.45, 2.75) is 26.8 Å². The molecule has 1 atom stereocenters. The van der Waals surface area contributed by atoms with Gasteiger partial charge in [0.15, 0.2) is 5.82 Å². The number of nitrogens with two attached hydrogens (primary N) is 1. The second-order valence-corrected chi connectivity index (χ2v) is 5.01. The topological polar surface area (TPSA) is 72.9 Å². The highest BCUT2D eigenvalue weighted by molar-refractivity contribution is 9.10. The molecule has 3 N–H and O–H groups in total. The predicted octanol–water partition coefficient (Wildman–Crippen LogP) is 1.56. The predicted molar refractivity (Wildman–Crippen MR) is 66.9 cm³/mol. The fraction of sp³-hybridized carbons (Fsp3) is 0.600. The minimum absolute atomic E-state index is 0.0521. The lowest BCUT2D eigenvalue weighted by Crippen LogP contribution is -2.33. The summed E-state index contributed by atoms with van der Waals surface area (Å²) >= 11 is 3.26. The maximum atomic E-state index is 11.7. The quantitative estimate of drug-likeness (QED) is 0.883. The van der Waals surface area contributed by atoms with E-state index in [2.05, 4.69) is 26.3 Å². The van der Waals surface area contributed by atoms with Crippen LogP contribution in [0, 0.1) is 5.92 Å². The molecule has 0 saturated heterocycles. The molecule has 1 rings (SSSR count). The summed E-state index contributed by atoms with van der Waals surface area (Å²) in [7, 11) is 0. The summed E-state index contributed by atoms with van der Waals surface area (Å²) in [5.41, 5.74) is 5.59. The third-order valence-corrected chi connectivity index (χ3v) is 2.79. The number of rotatable bonds is 4. The van der Waals surface area contributed by atoms with E-state index >= 15 is 0 Å². The lowest BCUT2D eigenvalue weighted by Gasteiger charge is -2.13. The van der Waals surface area contributed by atoms with Crippen LogP contribution < -0.4 is 11.1 Å². The van der Waals surface area contributed by atoms with Crippen LogP contribution in [0.25, 0.3) is 0 Å². The minimum Gasteiger partial charge on any atom is -0.381 e. The highest BCUT2D eigenvalue weighted by atomic mass is 79.9. The van der Waals surface area contributed by atoms with E-state index in [1.807, 2.05) is 13.8 Å². The van der Waals surface area contributed by atoms with E-state index in [0.717, 1.165) is 0 Å². The summed E-state index contributed by atoms with van der Waals surface area (Å²) in [4.78, 5) is 11.7. The molecule has 1 aromatic rings. The van der Waals surface area contributed by atoms with Gasteiger partial charge < -0.3 is 11.1 Å². The van der Waals surface area contributed by atoms with E-state index < -0.39 is 0 Å². The van der Waals surface area contributed by atoms with Crippen LogP contribution in [0.4, 0.5) is 5.82 Å². The zero-order chi connectivity index (χ0) is 12.3. The Morgan fingerprint density at radius 2 is 2.25 bits per heavy atom. The van der Waals surface area contributed by atoms with Crippen LogP contribution >= 0.6 is 15.9 Å². The molecule has 1 amide bonds. The second kappa shape index (κ2) is 5.34. The molecule has 90 valence electrons. The average molecular weight is 289 g/mol. The standard InChI is InChI=1S/C10H17BrN4O/c1-6(2)4-13-10(16)7(3)15-5-8(11)9(12)14-15/h5-7H,4H2,1-3H3,(H2,12,14)(H,13,16). The fourth-order valence-corrected chi connectivity index (χ4v) is 1.44. The van der Waals surface area contributed by atoms with Crippen molar-refractivity contribution < 1.29 is 4.79 Å². The summed E-state index contributed by atoms with van der Waals surface area (Å²) in [6.45, 7) is 6.55. The Morgan fingerprint density at radius 1 is 1.62 bits per heavy atom. The van der Waals surface area contributed by atoms with Gasteiger partial charge in [-0.25, -0.2) is 0 Å². The molecule has 0 aliphatic carbocycles. The van der Waals surface area contributed by atoms with Gasteiger partial charge in [-0.2, -0.15) is 5.10 Å². The number of aromatic nitrogens is 2. The SMILES string of the molecule is CC(C)CNC(=O)C(C)n1cc(Br)c(N)n1. The van der Waals surface area contributed by atoms with Gasteiger partial charge in [-0.15, -0.1) is 0 Å². The van der Waals surface area contributed by atoms with Crippen molar-refractivity contribution in [2.24, 2.45) is 5.92 Å². The van der Waals surface area contributed by atoms with Gasteiger partial charge >= 0.3 is 0 Å². The van der Waals surface area contributed by atoms with Crippen molar-refractivity contribution in [3.05, 3.63) is 10.7 Å². The molecule has 0 saturated carbocycles. The Kier molecular flexibility index (Phi) is 4.35. The minimum atomic E-state index is -0.354. The number of amides is 1. The molecule has 0 aliphatic rings. The molecular formula is C10H17BrN4O. The second-order valence-electron chi connectivity index (χ2n) is 4.16. The van der Waals surface area contributed by atoms with Crippen LogP contribution in [0.5, 0.6) is 0 Å². The highest BCUT2D eigenvalue weighted by Gasteiger charge is 2.16. The van der Waals surface area contributed by atoms with Crippen LogP contribution in [0.1, 0.15) is 26.8 Å². The number of nitrogens with one attached hydrogen (secondary N) is 1. The first-order chi connectivity index (χ1) is 7.41. The Morgan fingerprint density at radius 3 is 2.69 bits per heavy atom. The van der Waals surface area contributed by atoms with Crippen molar-refractivity contribution in [1.29, 1.82) is 0 Å². The first-order valence-corrected chi connectivity index (χ1v) is 5.99. The number of carbonyl (C=O) groups excluding carboxylic acids is 1. The molecule has 5 nitrogen and oxygen atoms in total. The molecule has 1 aromatic heterocycles. The maximum Gasteiger partial charge on any atom is 0.244 e. The van der Waals surface area contributed by atoms with Crippen LogP contribution in [0.3, 0.4) is 0 Å². The highest BCUT2D eigenvalue weighted by Crippen LogP contribution is 2.19. The molecule has 0 radical (unpaired) electrons. The Balaban J connectivity index is 2.63. The summed E-state index contributed by atoms with van der Waals surface area (Å²) in [5, 5.41) is 6.90. The fourth-order valence-electron chi connectivity index (χ4n) is 1.15. The van der Waals surface area contributed by atoms with Crippen LogP contribution in [0.15, 0.2) is 10.7 Å². The Labute approximate surface area is 104 Å². The number of carbonyl (C=O) groups is 1. The van der Waals surface area contributed by atoms with Gasteiger partial charge in [-0.1, -0.05) is 13.8 Å². The largest absolute Gasteiger partial charge is 0.381 e. The van der Waals surface area contributed by atoms with Crippen LogP contribution in [-0.4, -0.2) is 22.2 Å². The Hall–Kier alpha value is -1.04. The molecule has 0 fully saturated rings. The Bertz CT molecular complexity index is 355. The number of nitrogens with zero attached hydrogens (tertiary/aromatic N) is 2. The molecule has 0 bridgehead atoms. The van der Waals surface area contributed by atoms with Crippen molar-refractivity contribution >= 4 is 27.7 Å². The summed E-state index contributed by atoms with van der Waals surface area (Å²) in [6.07, 6.45) is 1.70.